The average molecular weight is 1000 g/mol. The second-order valence-corrected chi connectivity index (χ2v) is 20.2. The average Bonchev–Trinajstić information content (AvgIpc) is 3.38. The monoisotopic (exact) mass is 1000 g/mol. The van der Waals surface area contributed by atoms with E-state index in [0.29, 0.717) is 19.3 Å². The van der Waals surface area contributed by atoms with Crippen molar-refractivity contribution in [2.75, 3.05) is 13.2 Å². The number of carbonyl (C=O) groups is 3. The normalized spacial score (nSPS) is 12.7. The summed E-state index contributed by atoms with van der Waals surface area (Å²) in [6, 6.07) is 0. The van der Waals surface area contributed by atoms with Crippen LogP contribution in [0.15, 0.2) is 85.1 Å². The Balaban J connectivity index is 4.33. The summed E-state index contributed by atoms with van der Waals surface area (Å²) in [5, 5.41) is 0. The van der Waals surface area contributed by atoms with Crippen LogP contribution in [-0.4, -0.2) is 37.2 Å². The molecule has 0 aromatic heterocycles. The Labute approximate surface area is 445 Å². The van der Waals surface area contributed by atoms with Crippen molar-refractivity contribution in [3.63, 3.8) is 0 Å². The molecule has 0 rings (SSSR count). The lowest BCUT2D eigenvalue weighted by Crippen LogP contribution is -2.30. The predicted octanol–water partition coefficient (Wildman–Crippen LogP) is 20.7. The molecular weight excluding hydrogens is 889 g/mol. The van der Waals surface area contributed by atoms with Crippen LogP contribution < -0.4 is 0 Å². The molecule has 0 heterocycles. The molecule has 1 atom stereocenters. The number of rotatable bonds is 55. The van der Waals surface area contributed by atoms with Crippen molar-refractivity contribution in [3.8, 4) is 0 Å². The fourth-order valence-corrected chi connectivity index (χ4v) is 8.65. The van der Waals surface area contributed by atoms with E-state index in [9.17, 15) is 14.4 Å². The van der Waals surface area contributed by atoms with Gasteiger partial charge in [-0.3, -0.25) is 14.4 Å². The SMILES string of the molecule is CC/C=C\C/C=C\C/C=C\C/C=C\CCC(=O)OCC(COC(=O)CCCCCCCCCCCCCCCCCCCCCCCCCC)OC(=O)CCCCCCCCC/C=C\C/C=C\C/C=C\CC. The molecule has 0 radical (unpaired) electrons. The molecule has 0 saturated carbocycles. The van der Waals surface area contributed by atoms with Crippen molar-refractivity contribution in [3.05, 3.63) is 85.1 Å². The Hall–Kier alpha value is -3.41. The smallest absolute Gasteiger partial charge is 0.306 e. The van der Waals surface area contributed by atoms with E-state index in [1.54, 1.807) is 0 Å². The van der Waals surface area contributed by atoms with Crippen LogP contribution in [-0.2, 0) is 28.6 Å². The second-order valence-electron chi connectivity index (χ2n) is 20.2. The Morgan fingerprint density at radius 1 is 0.292 bits per heavy atom. The summed E-state index contributed by atoms with van der Waals surface area (Å²) in [5.74, 6) is -0.986. The Bertz CT molecular complexity index is 1380. The topological polar surface area (TPSA) is 78.9 Å². The first kappa shape index (κ1) is 68.6. The molecule has 1 unspecified atom stereocenters. The van der Waals surface area contributed by atoms with Gasteiger partial charge in [-0.2, -0.15) is 0 Å². The van der Waals surface area contributed by atoms with E-state index in [1.807, 2.05) is 6.08 Å². The van der Waals surface area contributed by atoms with Crippen molar-refractivity contribution in [2.24, 2.45) is 0 Å². The summed E-state index contributed by atoms with van der Waals surface area (Å²) < 4.78 is 16.8. The summed E-state index contributed by atoms with van der Waals surface area (Å²) >= 11 is 0. The second kappa shape index (κ2) is 60.1. The lowest BCUT2D eigenvalue weighted by molar-refractivity contribution is -0.166. The van der Waals surface area contributed by atoms with E-state index < -0.39 is 6.10 Å². The first-order valence-corrected chi connectivity index (χ1v) is 30.6. The van der Waals surface area contributed by atoms with E-state index in [0.717, 1.165) is 89.9 Å². The van der Waals surface area contributed by atoms with E-state index in [4.69, 9.17) is 14.2 Å². The summed E-state index contributed by atoms with van der Waals surface area (Å²) in [7, 11) is 0. The quantitative estimate of drug-likeness (QED) is 0.0261. The van der Waals surface area contributed by atoms with Gasteiger partial charge >= 0.3 is 17.9 Å². The van der Waals surface area contributed by atoms with Crippen molar-refractivity contribution in [1.29, 1.82) is 0 Å². The predicted molar refractivity (Wildman–Crippen MR) is 311 cm³/mol. The third-order valence-corrected chi connectivity index (χ3v) is 13.2. The third kappa shape index (κ3) is 57.5. The first-order chi connectivity index (χ1) is 35.5. The number of unbranched alkanes of at least 4 members (excludes halogenated alkanes) is 30. The molecule has 0 N–H and O–H groups in total. The van der Waals surface area contributed by atoms with Gasteiger partial charge in [-0.05, 0) is 77.0 Å². The molecule has 0 aliphatic carbocycles. The molecule has 414 valence electrons. The summed E-state index contributed by atoms with van der Waals surface area (Å²) in [6.07, 6.45) is 79.0. The minimum atomic E-state index is -0.810. The van der Waals surface area contributed by atoms with E-state index >= 15 is 0 Å². The first-order valence-electron chi connectivity index (χ1n) is 30.6. The standard InChI is InChI=1S/C66H114O6/c1-4-7-10-13-16-19-22-25-27-29-30-31-32-33-34-35-37-38-41-44-47-50-53-56-59-65(68)71-62-63(61-70-64(67)58-55-52-49-46-43-40-24-21-18-15-12-9-6-3)72-66(69)60-57-54-51-48-45-42-39-36-28-26-23-20-17-14-11-8-5-2/h8-9,11-12,17-18,20-21,26,28,40,43,49,52,63H,4-7,10,13-16,19,22-25,27,29-39,41-42,44-48,50-51,53-62H2,1-3H3/b11-8-,12-9-,20-17-,21-18-,28-26-,43-40-,52-49-. The van der Waals surface area contributed by atoms with Crippen molar-refractivity contribution >= 4 is 17.9 Å². The third-order valence-electron chi connectivity index (χ3n) is 13.2. The highest BCUT2D eigenvalue weighted by Gasteiger charge is 2.19. The fourth-order valence-electron chi connectivity index (χ4n) is 8.65. The highest BCUT2D eigenvalue weighted by atomic mass is 16.6. The molecule has 6 heteroatoms. The zero-order valence-corrected chi connectivity index (χ0v) is 47.4. The molecule has 0 spiro atoms. The van der Waals surface area contributed by atoms with Crippen LogP contribution in [0.2, 0.25) is 0 Å². The molecule has 0 aliphatic rings. The van der Waals surface area contributed by atoms with Gasteiger partial charge in [0, 0.05) is 19.3 Å². The lowest BCUT2D eigenvalue weighted by atomic mass is 10.0. The number of carbonyl (C=O) groups excluding carboxylic acids is 3. The highest BCUT2D eigenvalue weighted by molar-refractivity contribution is 5.71. The maximum atomic E-state index is 12.9. The minimum Gasteiger partial charge on any atom is -0.462 e. The van der Waals surface area contributed by atoms with Crippen LogP contribution in [0, 0.1) is 0 Å². The van der Waals surface area contributed by atoms with Gasteiger partial charge in [0.2, 0.25) is 0 Å². The van der Waals surface area contributed by atoms with Gasteiger partial charge in [0.15, 0.2) is 6.10 Å². The van der Waals surface area contributed by atoms with Gasteiger partial charge in [0.25, 0.3) is 0 Å². The van der Waals surface area contributed by atoms with E-state index in [1.165, 1.54) is 161 Å². The van der Waals surface area contributed by atoms with Gasteiger partial charge in [-0.1, -0.05) is 286 Å². The molecule has 0 amide bonds. The summed E-state index contributed by atoms with van der Waals surface area (Å²) in [5.41, 5.74) is 0. The molecule has 6 nitrogen and oxygen atoms in total. The van der Waals surface area contributed by atoms with E-state index in [-0.39, 0.29) is 37.5 Å². The molecular formula is C66H114O6. The maximum Gasteiger partial charge on any atom is 0.306 e. The number of hydrogen-bond acceptors (Lipinski definition) is 6. The van der Waals surface area contributed by atoms with Crippen molar-refractivity contribution in [1.82, 2.24) is 0 Å². The number of hydrogen-bond donors (Lipinski definition) is 0. The van der Waals surface area contributed by atoms with E-state index in [2.05, 4.69) is 99.8 Å². The van der Waals surface area contributed by atoms with Crippen LogP contribution in [0.4, 0.5) is 0 Å². The number of ether oxygens (including phenoxy) is 3. The zero-order valence-electron chi connectivity index (χ0n) is 47.4. The Morgan fingerprint density at radius 2 is 0.569 bits per heavy atom. The maximum absolute atomic E-state index is 12.9. The highest BCUT2D eigenvalue weighted by Crippen LogP contribution is 2.17. The molecule has 0 aromatic carbocycles. The largest absolute Gasteiger partial charge is 0.462 e. The fraction of sp³-hybridized carbons (Fsp3) is 0.742. The molecule has 0 fully saturated rings. The van der Waals surface area contributed by atoms with Crippen LogP contribution in [0.25, 0.3) is 0 Å². The number of allylic oxidation sites excluding steroid dienone is 14. The van der Waals surface area contributed by atoms with Crippen molar-refractivity contribution < 1.29 is 28.6 Å². The van der Waals surface area contributed by atoms with Gasteiger partial charge in [-0.25, -0.2) is 0 Å². The van der Waals surface area contributed by atoms with Crippen LogP contribution in [0.5, 0.6) is 0 Å². The molecule has 72 heavy (non-hydrogen) atoms. The van der Waals surface area contributed by atoms with Gasteiger partial charge in [0.1, 0.15) is 13.2 Å². The van der Waals surface area contributed by atoms with Crippen LogP contribution >= 0.6 is 0 Å². The van der Waals surface area contributed by atoms with Crippen molar-refractivity contribution in [2.45, 2.75) is 303 Å². The van der Waals surface area contributed by atoms with Gasteiger partial charge < -0.3 is 14.2 Å². The molecule has 0 saturated heterocycles. The van der Waals surface area contributed by atoms with Crippen LogP contribution in [0.3, 0.4) is 0 Å². The number of esters is 3. The van der Waals surface area contributed by atoms with Crippen LogP contribution in [0.1, 0.15) is 297 Å². The molecule has 0 bridgehead atoms. The molecule has 0 aromatic rings. The summed E-state index contributed by atoms with van der Waals surface area (Å²) in [6.45, 7) is 6.37. The lowest BCUT2D eigenvalue weighted by Gasteiger charge is -2.18. The Morgan fingerprint density at radius 3 is 0.931 bits per heavy atom. The zero-order chi connectivity index (χ0) is 52.2. The Kier molecular flexibility index (Phi) is 57.3. The minimum absolute atomic E-state index is 0.101. The van der Waals surface area contributed by atoms with Gasteiger partial charge in [-0.15, -0.1) is 0 Å². The molecule has 0 aliphatic heterocycles. The van der Waals surface area contributed by atoms with Gasteiger partial charge in [0.05, 0.1) is 0 Å². The summed E-state index contributed by atoms with van der Waals surface area (Å²) in [4.78, 5) is 38.2.